The molecule has 41 heavy (non-hydrogen) atoms. The van der Waals surface area contributed by atoms with Gasteiger partial charge in [0.15, 0.2) is 11.6 Å². The predicted molar refractivity (Wildman–Crippen MR) is 160 cm³/mol. The first kappa shape index (κ1) is 24.6. The number of rotatable bonds is 6. The average Bonchev–Trinajstić information content (AvgIpc) is 3.75. The zero-order chi connectivity index (χ0) is 27.9. The molecule has 0 unspecified atom stereocenters. The Morgan fingerprint density at radius 3 is 2.54 bits per heavy atom. The monoisotopic (exact) mass is 555 g/mol. The highest BCUT2D eigenvalue weighted by Crippen LogP contribution is 2.35. The Morgan fingerprint density at radius 2 is 1.71 bits per heavy atom. The number of benzene rings is 2. The van der Waals surface area contributed by atoms with Gasteiger partial charge in [-0.05, 0) is 55.0 Å². The number of nitrogens with zero attached hydrogens (tertiary/aromatic N) is 4. The van der Waals surface area contributed by atoms with Crippen LogP contribution in [0, 0.1) is 0 Å². The van der Waals surface area contributed by atoms with Crippen molar-refractivity contribution in [3.8, 4) is 33.1 Å². The summed E-state index contributed by atoms with van der Waals surface area (Å²) in [7, 11) is 0. The first-order valence-electron chi connectivity index (χ1n) is 12.8. The molecule has 5 aromatic heterocycles. The van der Waals surface area contributed by atoms with Crippen molar-refractivity contribution in [2.45, 2.75) is 6.92 Å². The van der Waals surface area contributed by atoms with Gasteiger partial charge in [-0.3, -0.25) is 24.7 Å². The second-order valence-corrected chi connectivity index (χ2v) is 10.6. The zero-order valence-corrected chi connectivity index (χ0v) is 22.5. The Morgan fingerprint density at radius 1 is 0.854 bits per heavy atom. The number of imidazole rings is 1. The van der Waals surface area contributed by atoms with E-state index >= 15 is 0 Å². The highest BCUT2D eigenvalue weighted by Gasteiger charge is 2.17. The van der Waals surface area contributed by atoms with Crippen LogP contribution in [0.2, 0.25) is 0 Å². The lowest BCUT2D eigenvalue weighted by Gasteiger charge is -2.08. The summed E-state index contributed by atoms with van der Waals surface area (Å²) in [6.45, 7) is 1.56. The number of amides is 1. The number of carbonyl (C=O) groups is 2. The lowest BCUT2D eigenvalue weighted by atomic mass is 10.0. The number of hydrogen-bond acceptors (Lipinski definition) is 7. The number of nitrogens with one attached hydrogen (secondary N) is 3. The maximum absolute atomic E-state index is 12.6. The number of Topliss-reactive ketones (excluding diaryl/α,β-unsaturated/α-hetero) is 1. The van der Waals surface area contributed by atoms with Crippen molar-refractivity contribution in [1.29, 1.82) is 0 Å². The van der Waals surface area contributed by atoms with Crippen LogP contribution in [-0.2, 0) is 0 Å². The molecule has 3 N–H and O–H groups in total. The molecule has 0 spiro atoms. The number of hydrogen-bond donors (Lipinski definition) is 3. The Hall–Kier alpha value is -5.48. The van der Waals surface area contributed by atoms with Crippen LogP contribution in [-0.4, -0.2) is 41.8 Å². The minimum Gasteiger partial charge on any atom is -0.335 e. The van der Waals surface area contributed by atoms with Crippen LogP contribution in [0.4, 0.5) is 5.69 Å². The number of thiophene rings is 1. The van der Waals surface area contributed by atoms with E-state index in [1.807, 2.05) is 54.6 Å². The highest BCUT2D eigenvalue weighted by atomic mass is 32.1. The third-order valence-electron chi connectivity index (χ3n) is 6.77. The van der Waals surface area contributed by atoms with Gasteiger partial charge in [0.05, 0.1) is 34.0 Å². The molecule has 9 nitrogen and oxygen atoms in total. The van der Waals surface area contributed by atoms with Crippen LogP contribution < -0.4 is 5.32 Å². The molecule has 0 saturated heterocycles. The molecule has 0 aliphatic rings. The molecule has 0 fully saturated rings. The van der Waals surface area contributed by atoms with Gasteiger partial charge in [-0.15, -0.1) is 11.3 Å². The molecule has 1 amide bonds. The van der Waals surface area contributed by atoms with Crippen molar-refractivity contribution >= 4 is 50.7 Å². The van der Waals surface area contributed by atoms with Crippen molar-refractivity contribution in [3.63, 3.8) is 0 Å². The number of H-pyrrole nitrogens is 2. The third kappa shape index (κ3) is 4.56. The van der Waals surface area contributed by atoms with E-state index in [0.29, 0.717) is 27.6 Å². The summed E-state index contributed by atoms with van der Waals surface area (Å²) in [6.07, 6.45) is 6.88. The zero-order valence-electron chi connectivity index (χ0n) is 21.7. The molecule has 0 radical (unpaired) electrons. The summed E-state index contributed by atoms with van der Waals surface area (Å²) in [5.74, 6) is 0.432. The van der Waals surface area contributed by atoms with Gasteiger partial charge in [0, 0.05) is 39.3 Å². The summed E-state index contributed by atoms with van der Waals surface area (Å²) in [6, 6.07) is 20.7. The lowest BCUT2D eigenvalue weighted by molar-refractivity contribution is 0.101. The van der Waals surface area contributed by atoms with E-state index in [1.54, 1.807) is 43.8 Å². The number of aromatic nitrogens is 6. The van der Waals surface area contributed by atoms with Crippen LogP contribution in [0.5, 0.6) is 0 Å². The van der Waals surface area contributed by atoms with Crippen LogP contribution >= 0.6 is 11.3 Å². The van der Waals surface area contributed by atoms with Gasteiger partial charge in [0.1, 0.15) is 11.2 Å². The molecular weight excluding hydrogens is 534 g/mol. The van der Waals surface area contributed by atoms with E-state index in [1.165, 1.54) is 11.3 Å². The predicted octanol–water partition coefficient (Wildman–Crippen LogP) is 6.75. The van der Waals surface area contributed by atoms with E-state index < -0.39 is 0 Å². The van der Waals surface area contributed by atoms with Crippen molar-refractivity contribution in [3.05, 3.63) is 102 Å². The van der Waals surface area contributed by atoms with Gasteiger partial charge < -0.3 is 10.3 Å². The Kier molecular flexibility index (Phi) is 5.94. The van der Waals surface area contributed by atoms with E-state index in [4.69, 9.17) is 4.98 Å². The van der Waals surface area contributed by atoms with Crippen LogP contribution in [0.15, 0.2) is 91.5 Å². The summed E-state index contributed by atoms with van der Waals surface area (Å²) >= 11 is 1.42. The molecular formula is C31H21N7O2S. The molecule has 0 saturated carbocycles. The molecule has 5 heterocycles. The maximum atomic E-state index is 12.6. The number of anilines is 1. The Bertz CT molecular complexity index is 2090. The Balaban J connectivity index is 1.24. The van der Waals surface area contributed by atoms with E-state index in [-0.39, 0.29) is 11.7 Å². The van der Waals surface area contributed by atoms with Gasteiger partial charge in [-0.25, -0.2) is 4.98 Å². The quantitative estimate of drug-likeness (QED) is 0.195. The first-order chi connectivity index (χ1) is 20.0. The maximum Gasteiger partial charge on any atom is 0.255 e. The Labute approximate surface area is 237 Å². The molecule has 10 heteroatoms. The van der Waals surface area contributed by atoms with E-state index in [9.17, 15) is 9.59 Å². The summed E-state index contributed by atoms with van der Waals surface area (Å²) in [5, 5.41) is 11.5. The van der Waals surface area contributed by atoms with Gasteiger partial charge in [0.25, 0.3) is 5.91 Å². The van der Waals surface area contributed by atoms with Crippen LogP contribution in [0.25, 0.3) is 55.0 Å². The van der Waals surface area contributed by atoms with E-state index in [2.05, 4.69) is 30.5 Å². The van der Waals surface area contributed by atoms with Gasteiger partial charge in [-0.2, -0.15) is 5.10 Å². The average molecular weight is 556 g/mol. The molecule has 198 valence electrons. The number of pyridine rings is 2. The van der Waals surface area contributed by atoms with Gasteiger partial charge in [0.2, 0.25) is 0 Å². The topological polar surface area (TPSA) is 129 Å². The fourth-order valence-electron chi connectivity index (χ4n) is 4.73. The highest BCUT2D eigenvalue weighted by molar-refractivity contribution is 7.17. The fraction of sp³-hybridized carbons (Fsp3) is 0.0323. The molecule has 2 aromatic carbocycles. The largest absolute Gasteiger partial charge is 0.335 e. The minimum atomic E-state index is -0.198. The first-order valence-corrected chi connectivity index (χ1v) is 13.6. The standard InChI is InChI=1S/C31H21N7O2S/c1-17(39)26-9-10-27(41-26)23-15-33-16-25-28(23)36-30(35-25)29-22-12-19(7-8-24(22)37-38-29)20-11-21(14-32-13-20)34-31(40)18-5-3-2-4-6-18/h2-16H,1H3,(H,34,40)(H,35,36)(H,37,38). The van der Waals surface area contributed by atoms with Crippen molar-refractivity contribution in [1.82, 2.24) is 30.1 Å². The SMILES string of the molecule is CC(=O)c1ccc(-c2cncc3[nH]c(-c4n[nH]c5ccc(-c6cncc(NC(=O)c7ccccc7)c6)cc45)nc23)s1. The van der Waals surface area contributed by atoms with E-state index in [0.717, 1.165) is 43.5 Å². The smallest absolute Gasteiger partial charge is 0.255 e. The molecule has 7 aromatic rings. The fourth-order valence-corrected chi connectivity index (χ4v) is 5.64. The van der Waals surface area contributed by atoms with Crippen molar-refractivity contribution < 1.29 is 9.59 Å². The molecule has 0 aliphatic carbocycles. The van der Waals surface area contributed by atoms with Gasteiger partial charge >= 0.3 is 0 Å². The summed E-state index contributed by atoms with van der Waals surface area (Å²) in [4.78, 5) is 43.1. The van der Waals surface area contributed by atoms with Crippen molar-refractivity contribution in [2.75, 3.05) is 5.32 Å². The normalized spacial score (nSPS) is 11.2. The number of fused-ring (bicyclic) bond motifs is 2. The number of carbonyl (C=O) groups excluding carboxylic acids is 2. The van der Waals surface area contributed by atoms with Gasteiger partial charge in [-0.1, -0.05) is 24.3 Å². The number of ketones is 1. The second-order valence-electron chi connectivity index (χ2n) is 9.50. The lowest BCUT2D eigenvalue weighted by Crippen LogP contribution is -2.11. The molecule has 0 aliphatic heterocycles. The number of aromatic amines is 2. The molecule has 0 bridgehead atoms. The second kappa shape index (κ2) is 9.92. The molecule has 0 atom stereocenters. The summed E-state index contributed by atoms with van der Waals surface area (Å²) in [5.41, 5.74) is 6.83. The molecule has 7 rings (SSSR count). The van der Waals surface area contributed by atoms with Crippen LogP contribution in [0.1, 0.15) is 27.0 Å². The van der Waals surface area contributed by atoms with Crippen LogP contribution in [0.3, 0.4) is 0 Å². The van der Waals surface area contributed by atoms with Crippen molar-refractivity contribution in [2.24, 2.45) is 0 Å². The summed E-state index contributed by atoms with van der Waals surface area (Å²) < 4.78 is 0. The minimum absolute atomic E-state index is 0.0298. The third-order valence-corrected chi connectivity index (χ3v) is 7.98.